The van der Waals surface area contributed by atoms with Gasteiger partial charge in [-0.2, -0.15) is 13.2 Å². The first kappa shape index (κ1) is 17.4. The first-order valence-electron chi connectivity index (χ1n) is 7.23. The number of rotatable bonds is 5. The molecule has 0 fully saturated rings. The summed E-state index contributed by atoms with van der Waals surface area (Å²) in [6.07, 6.45) is -3.01. The minimum absolute atomic E-state index is 0.236. The van der Waals surface area contributed by atoms with E-state index in [-0.39, 0.29) is 5.92 Å². The Bertz CT molecular complexity index is 629. The predicted octanol–water partition coefficient (Wildman–Crippen LogP) is 5.65. The van der Waals surface area contributed by atoms with Crippen LogP contribution in [0, 0.1) is 0 Å². The highest BCUT2D eigenvalue weighted by Crippen LogP contribution is 2.38. The van der Waals surface area contributed by atoms with Crippen molar-refractivity contribution < 1.29 is 13.2 Å². The van der Waals surface area contributed by atoms with Crippen LogP contribution in [0.4, 0.5) is 13.2 Å². The maximum Gasteiger partial charge on any atom is 0.434 e. The van der Waals surface area contributed by atoms with Crippen LogP contribution in [-0.2, 0) is 19.0 Å². The molecule has 0 aromatic carbocycles. The molecule has 22 heavy (non-hydrogen) atoms. The molecular weight excluding hydrogens is 329 g/mol. The molecule has 122 valence electrons. The minimum atomic E-state index is -4.38. The summed E-state index contributed by atoms with van der Waals surface area (Å²) in [7, 11) is 0. The molecule has 1 atom stereocenters. The van der Waals surface area contributed by atoms with Crippen LogP contribution in [0.1, 0.15) is 65.7 Å². The van der Waals surface area contributed by atoms with Crippen molar-refractivity contribution in [2.75, 3.05) is 0 Å². The third-order valence-corrected chi connectivity index (χ3v) is 5.90. The van der Waals surface area contributed by atoms with Crippen molar-refractivity contribution in [3.05, 3.63) is 31.7 Å². The lowest BCUT2D eigenvalue weighted by molar-refractivity contribution is -0.141. The number of hydrogen-bond acceptors (Lipinski definition) is 4. The van der Waals surface area contributed by atoms with Gasteiger partial charge in [-0.05, 0) is 18.3 Å². The maximum absolute atomic E-state index is 12.9. The Morgan fingerprint density at radius 1 is 1.18 bits per heavy atom. The van der Waals surface area contributed by atoms with Crippen molar-refractivity contribution in [1.82, 2.24) is 9.97 Å². The molecule has 0 spiro atoms. The summed E-state index contributed by atoms with van der Waals surface area (Å²) >= 11 is 2.70. The van der Waals surface area contributed by atoms with E-state index in [4.69, 9.17) is 0 Å². The molecule has 0 aliphatic carbocycles. The molecule has 0 radical (unpaired) electrons. The van der Waals surface area contributed by atoms with Crippen LogP contribution in [0.2, 0.25) is 0 Å². The van der Waals surface area contributed by atoms with E-state index in [1.165, 1.54) is 10.4 Å². The summed E-state index contributed by atoms with van der Waals surface area (Å²) in [4.78, 5) is 9.65. The summed E-state index contributed by atoms with van der Waals surface area (Å²) < 4.78 is 38.8. The summed E-state index contributed by atoms with van der Waals surface area (Å²) in [6, 6.07) is 0. The lowest BCUT2D eigenvalue weighted by atomic mass is 10.0. The van der Waals surface area contributed by atoms with Crippen molar-refractivity contribution >= 4 is 22.7 Å². The number of hydrogen-bond donors (Lipinski definition) is 0. The van der Waals surface area contributed by atoms with Gasteiger partial charge >= 0.3 is 6.18 Å². The molecule has 2 nitrogen and oxygen atoms in total. The number of aromatic nitrogens is 2. The van der Waals surface area contributed by atoms with Gasteiger partial charge < -0.3 is 0 Å². The molecule has 2 aromatic heterocycles. The van der Waals surface area contributed by atoms with Crippen molar-refractivity contribution in [3.8, 4) is 0 Å². The van der Waals surface area contributed by atoms with Gasteiger partial charge in [-0.15, -0.1) is 22.7 Å². The molecule has 1 unspecified atom stereocenters. The van der Waals surface area contributed by atoms with Gasteiger partial charge in [0.1, 0.15) is 0 Å². The number of nitrogens with zero attached hydrogens (tertiary/aromatic N) is 2. The van der Waals surface area contributed by atoms with Gasteiger partial charge in [0.2, 0.25) is 0 Å². The third kappa shape index (κ3) is 3.68. The minimum Gasteiger partial charge on any atom is -0.246 e. The van der Waals surface area contributed by atoms with E-state index in [1.54, 1.807) is 11.3 Å². The Morgan fingerprint density at radius 2 is 1.86 bits per heavy atom. The number of thiazole rings is 2. The molecule has 0 saturated carbocycles. The summed E-state index contributed by atoms with van der Waals surface area (Å²) in [5.41, 5.74) is 1.59. The fourth-order valence-electron chi connectivity index (χ4n) is 2.38. The summed E-state index contributed by atoms with van der Waals surface area (Å²) in [5, 5.41) is 0.912. The maximum atomic E-state index is 12.9. The highest BCUT2D eigenvalue weighted by molar-refractivity contribution is 7.12. The standard InChI is InChI=1S/C15H19F3N2S2/c1-5-10-12(8(2)3)22-11(20-10)6-9(4)13-14(15(16,17)18)19-7-21-13/h7-9H,5-6H2,1-4H3. The molecule has 0 saturated heterocycles. The molecule has 0 aliphatic rings. The molecule has 0 N–H and O–H groups in total. The van der Waals surface area contributed by atoms with Crippen molar-refractivity contribution in [3.63, 3.8) is 0 Å². The fourth-order valence-corrected chi connectivity index (χ4v) is 4.53. The van der Waals surface area contributed by atoms with Crippen LogP contribution < -0.4 is 0 Å². The highest BCUT2D eigenvalue weighted by atomic mass is 32.1. The topological polar surface area (TPSA) is 25.8 Å². The van der Waals surface area contributed by atoms with E-state index in [2.05, 4.69) is 30.7 Å². The third-order valence-electron chi connectivity index (χ3n) is 3.42. The normalized spacial score (nSPS) is 13.8. The molecular formula is C15H19F3N2S2. The van der Waals surface area contributed by atoms with Gasteiger partial charge in [-0.1, -0.05) is 27.7 Å². The summed E-state index contributed by atoms with van der Waals surface area (Å²) in [5.74, 6) is 0.158. The lowest BCUT2D eigenvalue weighted by Gasteiger charge is -2.11. The van der Waals surface area contributed by atoms with Crippen LogP contribution in [0.15, 0.2) is 5.51 Å². The molecule has 0 bridgehead atoms. The quantitative estimate of drug-likeness (QED) is 0.698. The first-order valence-corrected chi connectivity index (χ1v) is 8.92. The van der Waals surface area contributed by atoms with E-state index in [0.29, 0.717) is 17.2 Å². The van der Waals surface area contributed by atoms with Crippen molar-refractivity contribution in [1.29, 1.82) is 0 Å². The molecule has 2 rings (SSSR count). The SMILES string of the molecule is CCc1nc(CC(C)c2scnc2C(F)(F)F)sc1C(C)C. The van der Waals surface area contributed by atoms with Gasteiger partial charge in [-0.3, -0.25) is 0 Å². The van der Waals surface area contributed by atoms with Gasteiger partial charge in [0.25, 0.3) is 0 Å². The van der Waals surface area contributed by atoms with Crippen LogP contribution in [0.5, 0.6) is 0 Å². The number of alkyl halides is 3. The van der Waals surface area contributed by atoms with Gasteiger partial charge in [-0.25, -0.2) is 9.97 Å². The van der Waals surface area contributed by atoms with Crippen LogP contribution in [0.25, 0.3) is 0 Å². The predicted molar refractivity (Wildman–Crippen MR) is 84.8 cm³/mol. The van der Waals surface area contributed by atoms with E-state index in [0.717, 1.165) is 28.5 Å². The average molecular weight is 348 g/mol. The van der Waals surface area contributed by atoms with E-state index >= 15 is 0 Å². The van der Waals surface area contributed by atoms with Crippen molar-refractivity contribution in [2.24, 2.45) is 0 Å². The zero-order valence-corrected chi connectivity index (χ0v) is 14.6. The smallest absolute Gasteiger partial charge is 0.246 e. The number of halogens is 3. The Hall–Kier alpha value is -0.950. The second-order valence-electron chi connectivity index (χ2n) is 5.59. The van der Waals surface area contributed by atoms with Crippen molar-refractivity contribution in [2.45, 2.75) is 58.5 Å². The van der Waals surface area contributed by atoms with Gasteiger partial charge in [0, 0.05) is 16.2 Å². The second kappa shape index (κ2) is 6.66. The largest absolute Gasteiger partial charge is 0.434 e. The monoisotopic (exact) mass is 348 g/mol. The average Bonchev–Trinajstić information content (AvgIpc) is 3.03. The first-order chi connectivity index (χ1) is 10.2. The molecule has 0 aliphatic heterocycles. The van der Waals surface area contributed by atoms with Gasteiger partial charge in [0.05, 0.1) is 16.2 Å². The Balaban J connectivity index is 2.23. The van der Waals surface area contributed by atoms with Crippen LogP contribution >= 0.6 is 22.7 Å². The molecule has 7 heteroatoms. The Morgan fingerprint density at radius 3 is 2.36 bits per heavy atom. The highest BCUT2D eigenvalue weighted by Gasteiger charge is 2.37. The lowest BCUT2D eigenvalue weighted by Crippen LogP contribution is -2.10. The summed E-state index contributed by atoms with van der Waals surface area (Å²) in [6.45, 7) is 8.10. The van der Waals surface area contributed by atoms with E-state index in [9.17, 15) is 13.2 Å². The Kier molecular flexibility index (Phi) is 5.27. The molecule has 0 amide bonds. The van der Waals surface area contributed by atoms with Crippen LogP contribution in [0.3, 0.4) is 0 Å². The zero-order chi connectivity index (χ0) is 16.5. The molecule has 2 aromatic rings. The van der Waals surface area contributed by atoms with E-state index < -0.39 is 11.9 Å². The zero-order valence-electron chi connectivity index (χ0n) is 13.0. The fraction of sp³-hybridized carbons (Fsp3) is 0.600. The number of aryl methyl sites for hydroxylation is 1. The molecule has 2 heterocycles. The van der Waals surface area contributed by atoms with Gasteiger partial charge in [0.15, 0.2) is 5.69 Å². The second-order valence-corrected chi connectivity index (χ2v) is 7.60. The van der Waals surface area contributed by atoms with E-state index in [1.807, 2.05) is 6.92 Å². The Labute approximate surface area is 136 Å². The van der Waals surface area contributed by atoms with Crippen LogP contribution in [-0.4, -0.2) is 9.97 Å².